The van der Waals surface area contributed by atoms with Crippen molar-refractivity contribution in [2.75, 3.05) is 19.6 Å². The van der Waals surface area contributed by atoms with Gasteiger partial charge in [0.1, 0.15) is 5.69 Å². The van der Waals surface area contributed by atoms with E-state index in [4.69, 9.17) is 11.6 Å². The number of carbonyl (C=O) groups is 1. The van der Waals surface area contributed by atoms with E-state index in [0.717, 1.165) is 18.7 Å². The number of hydrogen-bond acceptors (Lipinski definition) is 3. The second-order valence-electron chi connectivity index (χ2n) is 7.22. The Hall–Kier alpha value is -1.56. The Kier molecular flexibility index (Phi) is 6.14. The van der Waals surface area contributed by atoms with E-state index in [1.165, 1.54) is 0 Å². The van der Waals surface area contributed by atoms with Crippen molar-refractivity contribution in [3.8, 4) is 11.3 Å². The molecule has 0 saturated carbocycles. The molecular weight excluding hydrogens is 359 g/mol. The van der Waals surface area contributed by atoms with Gasteiger partial charge < -0.3 is 10.6 Å². The number of nitrogens with zero attached hydrogens (tertiary/aromatic N) is 2. The highest BCUT2D eigenvalue weighted by molar-refractivity contribution is 6.33. The van der Waals surface area contributed by atoms with Crippen LogP contribution in [0, 0.1) is 5.92 Å². The summed E-state index contributed by atoms with van der Waals surface area (Å²) in [5.41, 5.74) is 1.74. The molecule has 1 saturated heterocycles. The van der Waals surface area contributed by atoms with Crippen molar-refractivity contribution in [1.82, 2.24) is 20.4 Å². The first kappa shape index (κ1) is 19.8. The Morgan fingerprint density at radius 1 is 1.36 bits per heavy atom. The number of carbonyl (C=O) groups excluding carboxylic acids is 1. The molecule has 2 aromatic rings. The van der Waals surface area contributed by atoms with Crippen molar-refractivity contribution in [2.45, 2.75) is 26.3 Å². The molecule has 0 bridgehead atoms. The van der Waals surface area contributed by atoms with Crippen LogP contribution in [0.2, 0.25) is 5.02 Å². The van der Waals surface area contributed by atoms with Gasteiger partial charge in [-0.25, -0.2) is 0 Å². The second-order valence-corrected chi connectivity index (χ2v) is 7.63. The first-order chi connectivity index (χ1) is 11.4. The number of amides is 1. The molecule has 0 radical (unpaired) electrons. The zero-order chi connectivity index (χ0) is 17.3. The standard InChI is InChI=1S/C18H23ClN4O.ClH/c1-18(2,3)23-11-14(17(24)21-10-12-8-20-9-12)16(22-23)13-6-4-5-7-15(13)19;/h4-7,11-12,20H,8-10H2,1-3H3,(H,21,24);1H. The lowest BCUT2D eigenvalue weighted by Crippen LogP contribution is -2.48. The molecule has 2 heterocycles. The summed E-state index contributed by atoms with van der Waals surface area (Å²) in [4.78, 5) is 12.7. The van der Waals surface area contributed by atoms with Gasteiger partial charge in [0.05, 0.1) is 16.1 Å². The molecule has 2 N–H and O–H groups in total. The van der Waals surface area contributed by atoms with E-state index in [1.54, 1.807) is 0 Å². The van der Waals surface area contributed by atoms with E-state index in [1.807, 2.05) is 35.1 Å². The smallest absolute Gasteiger partial charge is 0.255 e. The van der Waals surface area contributed by atoms with Crippen molar-refractivity contribution in [2.24, 2.45) is 5.92 Å². The average molecular weight is 383 g/mol. The first-order valence-electron chi connectivity index (χ1n) is 8.20. The number of hydrogen-bond donors (Lipinski definition) is 2. The molecule has 1 aliphatic heterocycles. The number of halogens is 2. The molecule has 7 heteroatoms. The van der Waals surface area contributed by atoms with Crippen LogP contribution >= 0.6 is 24.0 Å². The van der Waals surface area contributed by atoms with Gasteiger partial charge in [0.2, 0.25) is 0 Å². The lowest BCUT2D eigenvalue weighted by Gasteiger charge is -2.27. The largest absolute Gasteiger partial charge is 0.352 e. The summed E-state index contributed by atoms with van der Waals surface area (Å²) in [6.45, 7) is 8.75. The highest BCUT2D eigenvalue weighted by atomic mass is 35.5. The Morgan fingerprint density at radius 3 is 2.60 bits per heavy atom. The third kappa shape index (κ3) is 4.35. The molecule has 1 fully saturated rings. The topological polar surface area (TPSA) is 59.0 Å². The molecule has 1 amide bonds. The summed E-state index contributed by atoms with van der Waals surface area (Å²) >= 11 is 6.33. The molecule has 0 atom stereocenters. The highest BCUT2D eigenvalue weighted by Crippen LogP contribution is 2.30. The fraction of sp³-hybridized carbons (Fsp3) is 0.444. The quantitative estimate of drug-likeness (QED) is 0.852. The van der Waals surface area contributed by atoms with E-state index in [0.29, 0.717) is 28.7 Å². The van der Waals surface area contributed by atoms with E-state index in [9.17, 15) is 4.79 Å². The van der Waals surface area contributed by atoms with Gasteiger partial charge >= 0.3 is 0 Å². The van der Waals surface area contributed by atoms with Crippen LogP contribution in [0.3, 0.4) is 0 Å². The van der Waals surface area contributed by atoms with E-state index in [2.05, 4.69) is 36.5 Å². The molecular formula is C18H24Cl2N4O. The lowest BCUT2D eigenvalue weighted by atomic mass is 10.0. The summed E-state index contributed by atoms with van der Waals surface area (Å²) in [6, 6.07) is 7.48. The monoisotopic (exact) mass is 382 g/mol. The van der Waals surface area contributed by atoms with Crippen LogP contribution in [0.5, 0.6) is 0 Å². The van der Waals surface area contributed by atoms with Crippen LogP contribution in [0.15, 0.2) is 30.5 Å². The number of nitrogens with one attached hydrogen (secondary N) is 2. The Balaban J connectivity index is 0.00000225. The normalized spacial score (nSPS) is 14.6. The fourth-order valence-corrected chi connectivity index (χ4v) is 2.79. The zero-order valence-electron chi connectivity index (χ0n) is 14.7. The molecule has 3 rings (SSSR count). The van der Waals surface area contributed by atoms with Crippen LogP contribution in [-0.4, -0.2) is 35.3 Å². The summed E-state index contributed by atoms with van der Waals surface area (Å²) in [6.07, 6.45) is 1.81. The molecule has 1 aromatic carbocycles. The van der Waals surface area contributed by atoms with Crippen molar-refractivity contribution in [1.29, 1.82) is 0 Å². The summed E-state index contributed by atoms with van der Waals surface area (Å²) in [5.74, 6) is 0.405. The van der Waals surface area contributed by atoms with Crippen molar-refractivity contribution >= 4 is 29.9 Å². The van der Waals surface area contributed by atoms with Gasteiger partial charge in [-0.1, -0.05) is 29.8 Å². The SMILES string of the molecule is CC(C)(C)n1cc(C(=O)NCC2CNC2)c(-c2ccccc2Cl)n1.Cl. The van der Waals surface area contributed by atoms with Crippen LogP contribution < -0.4 is 10.6 Å². The third-order valence-corrected chi connectivity index (χ3v) is 4.52. The molecule has 0 spiro atoms. The summed E-state index contributed by atoms with van der Waals surface area (Å²) in [5, 5.41) is 11.5. The van der Waals surface area contributed by atoms with Crippen LogP contribution in [0.4, 0.5) is 0 Å². The Labute approximate surface area is 159 Å². The van der Waals surface area contributed by atoms with Crippen LogP contribution in [-0.2, 0) is 5.54 Å². The molecule has 25 heavy (non-hydrogen) atoms. The number of benzene rings is 1. The van der Waals surface area contributed by atoms with Gasteiger partial charge in [-0.05, 0) is 26.8 Å². The molecule has 0 unspecified atom stereocenters. The van der Waals surface area contributed by atoms with Crippen molar-refractivity contribution in [3.05, 3.63) is 41.0 Å². The minimum Gasteiger partial charge on any atom is -0.352 e. The van der Waals surface area contributed by atoms with Crippen LogP contribution in [0.1, 0.15) is 31.1 Å². The first-order valence-corrected chi connectivity index (χ1v) is 8.58. The van der Waals surface area contributed by atoms with Crippen molar-refractivity contribution < 1.29 is 4.79 Å². The Morgan fingerprint density at radius 2 is 2.04 bits per heavy atom. The van der Waals surface area contributed by atoms with Gasteiger partial charge in [0.25, 0.3) is 5.91 Å². The lowest BCUT2D eigenvalue weighted by molar-refractivity contribution is 0.0942. The summed E-state index contributed by atoms with van der Waals surface area (Å²) < 4.78 is 1.82. The number of aromatic nitrogens is 2. The van der Waals surface area contributed by atoms with E-state index >= 15 is 0 Å². The van der Waals surface area contributed by atoms with Gasteiger partial charge in [-0.15, -0.1) is 12.4 Å². The second kappa shape index (κ2) is 7.77. The maximum atomic E-state index is 12.7. The van der Waals surface area contributed by atoms with Gasteiger partial charge in [-0.3, -0.25) is 9.48 Å². The maximum absolute atomic E-state index is 12.7. The predicted molar refractivity (Wildman–Crippen MR) is 104 cm³/mol. The minimum atomic E-state index is -0.216. The zero-order valence-corrected chi connectivity index (χ0v) is 16.2. The predicted octanol–water partition coefficient (Wildman–Crippen LogP) is 3.33. The molecule has 0 aliphatic carbocycles. The molecule has 1 aliphatic rings. The Bertz CT molecular complexity index is 748. The maximum Gasteiger partial charge on any atom is 0.255 e. The van der Waals surface area contributed by atoms with Gasteiger partial charge in [-0.2, -0.15) is 5.10 Å². The van der Waals surface area contributed by atoms with E-state index < -0.39 is 0 Å². The number of rotatable bonds is 4. The highest BCUT2D eigenvalue weighted by Gasteiger charge is 2.25. The fourth-order valence-electron chi connectivity index (χ4n) is 2.56. The van der Waals surface area contributed by atoms with Crippen LogP contribution in [0.25, 0.3) is 11.3 Å². The molecule has 136 valence electrons. The van der Waals surface area contributed by atoms with E-state index in [-0.39, 0.29) is 23.9 Å². The summed E-state index contributed by atoms with van der Waals surface area (Å²) in [7, 11) is 0. The molecule has 1 aromatic heterocycles. The molecule has 5 nitrogen and oxygen atoms in total. The third-order valence-electron chi connectivity index (χ3n) is 4.19. The van der Waals surface area contributed by atoms with Crippen molar-refractivity contribution in [3.63, 3.8) is 0 Å². The van der Waals surface area contributed by atoms with Gasteiger partial charge in [0.15, 0.2) is 0 Å². The van der Waals surface area contributed by atoms with Gasteiger partial charge in [0, 0.05) is 37.3 Å². The minimum absolute atomic E-state index is 0. The average Bonchev–Trinajstić information content (AvgIpc) is 2.91.